The smallest absolute Gasteiger partial charge is 0.244 e. The number of nitrogens with one attached hydrogen (secondary N) is 1. The van der Waals surface area contributed by atoms with Crippen molar-refractivity contribution in [1.29, 1.82) is 0 Å². The minimum absolute atomic E-state index is 0.0399. The average molecular weight is 292 g/mol. The van der Waals surface area contributed by atoms with Crippen LogP contribution in [0.4, 0.5) is 5.69 Å². The molecule has 114 valence electrons. The van der Waals surface area contributed by atoms with Crippen LogP contribution in [0, 0.1) is 0 Å². The molecule has 0 saturated carbocycles. The van der Waals surface area contributed by atoms with Crippen LogP contribution in [0.15, 0.2) is 18.2 Å². The van der Waals surface area contributed by atoms with Gasteiger partial charge in [0.25, 0.3) is 0 Å². The fourth-order valence-corrected chi connectivity index (χ4v) is 2.29. The van der Waals surface area contributed by atoms with Gasteiger partial charge in [-0.1, -0.05) is 0 Å². The van der Waals surface area contributed by atoms with Crippen LogP contribution in [-0.2, 0) is 9.59 Å². The molecule has 1 aromatic carbocycles. The Balaban J connectivity index is 2.00. The second-order valence-electron chi connectivity index (χ2n) is 4.89. The summed E-state index contributed by atoms with van der Waals surface area (Å²) in [5.41, 5.74) is 0.563. The van der Waals surface area contributed by atoms with E-state index in [0.29, 0.717) is 30.2 Å². The molecule has 1 saturated heterocycles. The van der Waals surface area contributed by atoms with E-state index in [1.165, 1.54) is 7.11 Å². The highest BCUT2D eigenvalue weighted by Gasteiger charge is 2.20. The number of rotatable bonds is 5. The van der Waals surface area contributed by atoms with Crippen LogP contribution in [0.25, 0.3) is 0 Å². The number of ether oxygens (including phenoxy) is 2. The molecule has 6 nitrogen and oxygen atoms in total. The van der Waals surface area contributed by atoms with Gasteiger partial charge in [-0.05, 0) is 25.0 Å². The summed E-state index contributed by atoms with van der Waals surface area (Å²) in [6, 6.07) is 5.15. The molecule has 21 heavy (non-hydrogen) atoms. The van der Waals surface area contributed by atoms with Gasteiger partial charge >= 0.3 is 0 Å². The Morgan fingerprint density at radius 3 is 2.76 bits per heavy atom. The predicted molar refractivity (Wildman–Crippen MR) is 78.6 cm³/mol. The number of piperidine rings is 1. The van der Waals surface area contributed by atoms with Gasteiger partial charge in [0.2, 0.25) is 11.8 Å². The standard InChI is InChI=1S/C15H20N2O4/c1-20-11-6-7-12(13(9-11)21-2)16-14(18)10-17-8-4-3-5-15(17)19/h6-7,9H,3-5,8,10H2,1-2H3,(H,16,18). The van der Waals surface area contributed by atoms with Crippen LogP contribution in [0.3, 0.4) is 0 Å². The molecular formula is C15H20N2O4. The molecule has 0 aromatic heterocycles. The fraction of sp³-hybridized carbons (Fsp3) is 0.467. The summed E-state index contributed by atoms with van der Waals surface area (Å²) in [5, 5.41) is 2.77. The van der Waals surface area contributed by atoms with Crippen LogP contribution in [0.2, 0.25) is 0 Å². The number of likely N-dealkylation sites (tertiary alicyclic amines) is 1. The molecular weight excluding hydrogens is 272 g/mol. The van der Waals surface area contributed by atoms with Crippen molar-refractivity contribution in [3.8, 4) is 11.5 Å². The number of amides is 2. The average Bonchev–Trinajstić information content (AvgIpc) is 2.50. The third kappa shape index (κ3) is 3.87. The highest BCUT2D eigenvalue weighted by molar-refractivity contribution is 5.95. The maximum Gasteiger partial charge on any atom is 0.244 e. The van der Waals surface area contributed by atoms with Gasteiger partial charge in [0.1, 0.15) is 11.5 Å². The minimum atomic E-state index is -0.228. The lowest BCUT2D eigenvalue weighted by atomic mass is 10.1. The molecule has 1 aliphatic rings. The number of carbonyl (C=O) groups excluding carboxylic acids is 2. The van der Waals surface area contributed by atoms with Crippen molar-refractivity contribution >= 4 is 17.5 Å². The van der Waals surface area contributed by atoms with Crippen molar-refractivity contribution in [3.05, 3.63) is 18.2 Å². The zero-order valence-corrected chi connectivity index (χ0v) is 12.3. The Morgan fingerprint density at radius 2 is 2.10 bits per heavy atom. The number of benzene rings is 1. The Hall–Kier alpha value is -2.24. The van der Waals surface area contributed by atoms with Crippen molar-refractivity contribution in [2.75, 3.05) is 32.6 Å². The van der Waals surface area contributed by atoms with Gasteiger partial charge in [-0.25, -0.2) is 0 Å². The minimum Gasteiger partial charge on any atom is -0.497 e. The first-order valence-corrected chi connectivity index (χ1v) is 6.93. The van der Waals surface area contributed by atoms with Crippen LogP contribution in [0.1, 0.15) is 19.3 Å². The molecule has 2 amide bonds. The fourth-order valence-electron chi connectivity index (χ4n) is 2.29. The van der Waals surface area contributed by atoms with E-state index in [2.05, 4.69) is 5.32 Å². The third-order valence-corrected chi connectivity index (χ3v) is 3.44. The van der Waals surface area contributed by atoms with E-state index in [1.807, 2.05) is 0 Å². The Morgan fingerprint density at radius 1 is 1.29 bits per heavy atom. The van der Waals surface area contributed by atoms with Crippen LogP contribution < -0.4 is 14.8 Å². The number of hydrogen-bond acceptors (Lipinski definition) is 4. The molecule has 1 aliphatic heterocycles. The monoisotopic (exact) mass is 292 g/mol. The van der Waals surface area contributed by atoms with Crippen molar-refractivity contribution < 1.29 is 19.1 Å². The maximum atomic E-state index is 12.1. The van der Waals surface area contributed by atoms with E-state index in [0.717, 1.165) is 12.8 Å². The number of methoxy groups -OCH3 is 2. The van der Waals surface area contributed by atoms with Crippen LogP contribution in [-0.4, -0.2) is 44.0 Å². The Kier molecular flexibility index (Phi) is 5.03. The molecule has 0 bridgehead atoms. The summed E-state index contributed by atoms with van der Waals surface area (Å²) >= 11 is 0. The zero-order chi connectivity index (χ0) is 15.2. The first-order valence-electron chi connectivity index (χ1n) is 6.93. The number of nitrogens with zero attached hydrogens (tertiary/aromatic N) is 1. The van der Waals surface area contributed by atoms with Crippen molar-refractivity contribution in [2.45, 2.75) is 19.3 Å². The van der Waals surface area contributed by atoms with Gasteiger partial charge in [-0.15, -0.1) is 0 Å². The Bertz CT molecular complexity index is 530. The topological polar surface area (TPSA) is 67.9 Å². The van der Waals surface area contributed by atoms with E-state index < -0.39 is 0 Å². The van der Waals surface area contributed by atoms with Gasteiger partial charge in [-0.2, -0.15) is 0 Å². The molecule has 1 heterocycles. The first-order chi connectivity index (χ1) is 10.1. The van der Waals surface area contributed by atoms with Crippen LogP contribution in [0.5, 0.6) is 11.5 Å². The molecule has 0 spiro atoms. The lowest BCUT2D eigenvalue weighted by molar-refractivity contribution is -0.136. The molecule has 0 atom stereocenters. The van der Waals surface area contributed by atoms with Crippen molar-refractivity contribution in [2.24, 2.45) is 0 Å². The first kappa shape index (κ1) is 15.2. The van der Waals surface area contributed by atoms with Gasteiger partial charge in [0.05, 0.1) is 26.5 Å². The summed E-state index contributed by atoms with van der Waals surface area (Å²) < 4.78 is 10.3. The lowest BCUT2D eigenvalue weighted by Crippen LogP contribution is -2.40. The van der Waals surface area contributed by atoms with E-state index in [4.69, 9.17) is 9.47 Å². The van der Waals surface area contributed by atoms with E-state index in [9.17, 15) is 9.59 Å². The largest absolute Gasteiger partial charge is 0.497 e. The lowest BCUT2D eigenvalue weighted by Gasteiger charge is -2.26. The van der Waals surface area contributed by atoms with Crippen LogP contribution >= 0.6 is 0 Å². The van der Waals surface area contributed by atoms with Gasteiger partial charge < -0.3 is 19.7 Å². The van der Waals surface area contributed by atoms with Crippen molar-refractivity contribution in [1.82, 2.24) is 4.90 Å². The number of hydrogen-bond donors (Lipinski definition) is 1. The summed E-state index contributed by atoms with van der Waals surface area (Å²) in [5.74, 6) is 0.982. The van der Waals surface area contributed by atoms with Gasteiger partial charge in [-0.3, -0.25) is 9.59 Å². The Labute approximate surface area is 124 Å². The molecule has 6 heteroatoms. The zero-order valence-electron chi connectivity index (χ0n) is 12.3. The second kappa shape index (κ2) is 6.97. The quantitative estimate of drug-likeness (QED) is 0.896. The molecule has 2 rings (SSSR count). The van der Waals surface area contributed by atoms with Gasteiger partial charge in [0.15, 0.2) is 0 Å². The summed E-state index contributed by atoms with van der Waals surface area (Å²) in [6.07, 6.45) is 2.38. The third-order valence-electron chi connectivity index (χ3n) is 3.44. The highest BCUT2D eigenvalue weighted by atomic mass is 16.5. The molecule has 0 aliphatic carbocycles. The molecule has 1 aromatic rings. The summed E-state index contributed by atoms with van der Waals surface area (Å²) in [6.45, 7) is 0.722. The van der Waals surface area contributed by atoms with E-state index >= 15 is 0 Å². The molecule has 0 unspecified atom stereocenters. The summed E-state index contributed by atoms with van der Waals surface area (Å²) in [7, 11) is 3.09. The molecule has 1 N–H and O–H groups in total. The highest BCUT2D eigenvalue weighted by Crippen LogP contribution is 2.29. The maximum absolute atomic E-state index is 12.1. The van der Waals surface area contributed by atoms with Crippen molar-refractivity contribution in [3.63, 3.8) is 0 Å². The predicted octanol–water partition coefficient (Wildman–Crippen LogP) is 1.65. The SMILES string of the molecule is COc1ccc(NC(=O)CN2CCCCC2=O)c(OC)c1. The second-order valence-corrected chi connectivity index (χ2v) is 4.89. The van der Waals surface area contributed by atoms with Gasteiger partial charge in [0, 0.05) is 19.0 Å². The normalized spacial score (nSPS) is 14.8. The van der Waals surface area contributed by atoms with E-state index in [1.54, 1.807) is 30.2 Å². The number of carbonyl (C=O) groups is 2. The van der Waals surface area contributed by atoms with E-state index in [-0.39, 0.29) is 18.4 Å². The molecule has 0 radical (unpaired) electrons. The summed E-state index contributed by atoms with van der Waals surface area (Å²) in [4.78, 5) is 25.3. The molecule has 1 fully saturated rings. The number of anilines is 1.